The predicted octanol–water partition coefficient (Wildman–Crippen LogP) is 4.91. The molecule has 0 atom stereocenters. The van der Waals surface area contributed by atoms with Gasteiger partial charge in [-0.1, -0.05) is 71.4 Å². The van der Waals surface area contributed by atoms with Gasteiger partial charge in [0.25, 0.3) is 5.89 Å². The lowest BCUT2D eigenvalue weighted by atomic mass is 10.1. The topological polar surface area (TPSA) is 63.3 Å². The number of rotatable bonds is 5. The second-order valence-electron chi connectivity index (χ2n) is 6.09. The molecule has 0 aliphatic carbocycles. The highest BCUT2D eigenvalue weighted by atomic mass is 16.5. The number of hydrazone groups is 1. The Morgan fingerprint density at radius 2 is 1.52 bits per heavy atom. The summed E-state index contributed by atoms with van der Waals surface area (Å²) in [7, 11) is 0. The smallest absolute Gasteiger partial charge is 0.258 e. The first-order valence-corrected chi connectivity index (χ1v) is 8.65. The molecule has 0 aliphatic rings. The molecule has 0 aliphatic heterocycles. The Morgan fingerprint density at radius 3 is 2.22 bits per heavy atom. The number of nitrogens with zero attached hydrogens (tertiary/aromatic N) is 3. The normalized spacial score (nSPS) is 11.4. The van der Waals surface area contributed by atoms with Crippen LogP contribution in [0.4, 0.5) is 5.69 Å². The van der Waals surface area contributed by atoms with Crippen molar-refractivity contribution in [2.75, 3.05) is 5.43 Å². The van der Waals surface area contributed by atoms with E-state index in [0.29, 0.717) is 17.4 Å². The fraction of sp³-hybridized carbons (Fsp3) is 0.0455. The minimum Gasteiger partial charge on any atom is -0.334 e. The monoisotopic (exact) mass is 354 g/mol. The van der Waals surface area contributed by atoms with Crippen molar-refractivity contribution < 1.29 is 4.52 Å². The van der Waals surface area contributed by atoms with Gasteiger partial charge in [-0.25, -0.2) is 0 Å². The van der Waals surface area contributed by atoms with Crippen molar-refractivity contribution in [1.82, 2.24) is 10.1 Å². The Bertz CT molecular complexity index is 1040. The fourth-order valence-corrected chi connectivity index (χ4v) is 2.61. The number of anilines is 1. The molecule has 4 aromatic rings. The highest BCUT2D eigenvalue weighted by Gasteiger charge is 2.16. The molecule has 132 valence electrons. The van der Waals surface area contributed by atoms with Gasteiger partial charge in [-0.2, -0.15) is 10.1 Å². The molecule has 0 spiro atoms. The number of benzene rings is 3. The van der Waals surface area contributed by atoms with Crippen LogP contribution >= 0.6 is 0 Å². The van der Waals surface area contributed by atoms with E-state index in [1.54, 1.807) is 0 Å². The van der Waals surface area contributed by atoms with Crippen molar-refractivity contribution >= 4 is 11.4 Å². The zero-order chi connectivity index (χ0) is 18.5. The van der Waals surface area contributed by atoms with E-state index < -0.39 is 0 Å². The third-order valence-corrected chi connectivity index (χ3v) is 4.05. The van der Waals surface area contributed by atoms with E-state index in [4.69, 9.17) is 4.52 Å². The summed E-state index contributed by atoms with van der Waals surface area (Å²) in [6.07, 6.45) is 0. The molecule has 0 amide bonds. The van der Waals surface area contributed by atoms with Gasteiger partial charge in [0.05, 0.1) is 5.69 Å². The molecule has 5 heteroatoms. The first kappa shape index (κ1) is 16.7. The van der Waals surface area contributed by atoms with Crippen LogP contribution in [-0.4, -0.2) is 15.9 Å². The van der Waals surface area contributed by atoms with Crippen molar-refractivity contribution in [3.8, 4) is 11.5 Å². The Labute approximate surface area is 157 Å². The van der Waals surface area contributed by atoms with E-state index in [-0.39, 0.29) is 0 Å². The van der Waals surface area contributed by atoms with Crippen LogP contribution in [0, 0.1) is 6.92 Å². The summed E-state index contributed by atoms with van der Waals surface area (Å²) in [4.78, 5) is 4.55. The van der Waals surface area contributed by atoms with Gasteiger partial charge in [-0.15, -0.1) is 0 Å². The molecular formula is C22H18N4O. The summed E-state index contributed by atoms with van der Waals surface area (Å²) in [6, 6.07) is 27.5. The fourth-order valence-electron chi connectivity index (χ4n) is 2.61. The Morgan fingerprint density at radius 1 is 0.852 bits per heavy atom. The molecule has 1 aromatic heterocycles. The van der Waals surface area contributed by atoms with Crippen LogP contribution in [0.5, 0.6) is 0 Å². The molecule has 0 unspecified atom stereocenters. The van der Waals surface area contributed by atoms with E-state index in [0.717, 1.165) is 16.8 Å². The van der Waals surface area contributed by atoms with Gasteiger partial charge >= 0.3 is 0 Å². The average molecular weight is 354 g/mol. The molecule has 0 saturated heterocycles. The van der Waals surface area contributed by atoms with Gasteiger partial charge < -0.3 is 4.52 Å². The van der Waals surface area contributed by atoms with Crippen molar-refractivity contribution in [2.24, 2.45) is 5.10 Å². The van der Waals surface area contributed by atoms with Gasteiger partial charge in [0.15, 0.2) is 0 Å². The number of hydrogen-bond donors (Lipinski definition) is 1. The third kappa shape index (κ3) is 3.93. The maximum Gasteiger partial charge on any atom is 0.258 e. The van der Waals surface area contributed by atoms with Crippen LogP contribution in [-0.2, 0) is 0 Å². The second kappa shape index (κ2) is 7.66. The number of hydrogen-bond acceptors (Lipinski definition) is 5. The van der Waals surface area contributed by atoms with E-state index >= 15 is 0 Å². The van der Waals surface area contributed by atoms with Crippen LogP contribution in [0.3, 0.4) is 0 Å². The first-order valence-electron chi connectivity index (χ1n) is 8.65. The van der Waals surface area contributed by atoms with Gasteiger partial charge in [0.2, 0.25) is 5.82 Å². The molecular weight excluding hydrogens is 336 g/mol. The number of para-hydroxylation sites is 1. The summed E-state index contributed by atoms with van der Waals surface area (Å²) in [5.41, 5.74) is 7.52. The summed E-state index contributed by atoms with van der Waals surface area (Å²) in [6.45, 7) is 2.04. The van der Waals surface area contributed by atoms with E-state index in [1.807, 2.05) is 91.9 Å². The summed E-state index contributed by atoms with van der Waals surface area (Å²) >= 11 is 0. The Kier molecular flexibility index (Phi) is 4.74. The molecule has 0 radical (unpaired) electrons. The number of aryl methyl sites for hydroxylation is 1. The lowest BCUT2D eigenvalue weighted by Crippen LogP contribution is -2.08. The molecule has 1 N–H and O–H groups in total. The van der Waals surface area contributed by atoms with Crippen LogP contribution in [0.2, 0.25) is 0 Å². The van der Waals surface area contributed by atoms with Crippen LogP contribution in [0.15, 0.2) is 94.6 Å². The maximum absolute atomic E-state index is 5.48. The van der Waals surface area contributed by atoms with Crippen molar-refractivity contribution in [3.05, 3.63) is 102 Å². The summed E-state index contributed by atoms with van der Waals surface area (Å²) < 4.78 is 5.48. The van der Waals surface area contributed by atoms with Crippen LogP contribution in [0.1, 0.15) is 17.0 Å². The molecule has 0 bridgehead atoms. The predicted molar refractivity (Wildman–Crippen MR) is 107 cm³/mol. The van der Waals surface area contributed by atoms with Gasteiger partial charge in [-0.05, 0) is 31.2 Å². The van der Waals surface area contributed by atoms with Gasteiger partial charge in [0.1, 0.15) is 5.71 Å². The Balaban J connectivity index is 1.70. The minimum absolute atomic E-state index is 0.431. The SMILES string of the molecule is Cc1ccc(-c2nc(/C(=N/Nc3ccccc3)c3ccccc3)no2)cc1. The van der Waals surface area contributed by atoms with Crippen molar-refractivity contribution in [2.45, 2.75) is 6.92 Å². The lowest BCUT2D eigenvalue weighted by molar-refractivity contribution is 0.429. The van der Waals surface area contributed by atoms with Gasteiger partial charge in [-0.3, -0.25) is 5.43 Å². The summed E-state index contributed by atoms with van der Waals surface area (Å²) in [5.74, 6) is 0.897. The molecule has 3 aromatic carbocycles. The quantitative estimate of drug-likeness (QED) is 0.408. The average Bonchev–Trinajstić information content (AvgIpc) is 3.20. The molecule has 0 saturated carbocycles. The molecule has 27 heavy (non-hydrogen) atoms. The second-order valence-corrected chi connectivity index (χ2v) is 6.09. The van der Waals surface area contributed by atoms with Gasteiger partial charge in [0, 0.05) is 11.1 Å². The molecule has 1 heterocycles. The van der Waals surface area contributed by atoms with E-state index in [9.17, 15) is 0 Å². The van der Waals surface area contributed by atoms with Crippen LogP contribution in [0.25, 0.3) is 11.5 Å². The summed E-state index contributed by atoms with van der Waals surface area (Å²) in [5, 5.41) is 8.68. The number of aromatic nitrogens is 2. The highest BCUT2D eigenvalue weighted by molar-refractivity contribution is 6.10. The maximum atomic E-state index is 5.48. The minimum atomic E-state index is 0.431. The van der Waals surface area contributed by atoms with E-state index in [1.165, 1.54) is 5.56 Å². The largest absolute Gasteiger partial charge is 0.334 e. The third-order valence-electron chi connectivity index (χ3n) is 4.05. The first-order chi connectivity index (χ1) is 13.3. The zero-order valence-electron chi connectivity index (χ0n) is 14.8. The highest BCUT2D eigenvalue weighted by Crippen LogP contribution is 2.19. The molecule has 0 fully saturated rings. The van der Waals surface area contributed by atoms with E-state index in [2.05, 4.69) is 20.7 Å². The Hall–Kier alpha value is -3.73. The standard InChI is InChI=1S/C22H18N4O/c1-16-12-14-18(15-13-16)22-23-21(26-27-22)20(17-8-4-2-5-9-17)25-24-19-10-6-3-7-11-19/h2-15,24H,1H3/b25-20+. The van der Waals surface area contributed by atoms with Crippen molar-refractivity contribution in [1.29, 1.82) is 0 Å². The molecule has 4 rings (SSSR count). The zero-order valence-corrected chi connectivity index (χ0v) is 14.8. The van der Waals surface area contributed by atoms with Crippen molar-refractivity contribution in [3.63, 3.8) is 0 Å². The molecule has 5 nitrogen and oxygen atoms in total. The van der Waals surface area contributed by atoms with Crippen LogP contribution < -0.4 is 5.43 Å². The lowest BCUT2D eigenvalue weighted by Gasteiger charge is -2.04. The number of nitrogens with one attached hydrogen (secondary N) is 1.